The first-order chi connectivity index (χ1) is 19.5. The summed E-state index contributed by atoms with van der Waals surface area (Å²) >= 11 is 4.07. The van der Waals surface area contributed by atoms with E-state index >= 15 is 0 Å². The van der Waals surface area contributed by atoms with Crippen LogP contribution in [0.25, 0.3) is 0 Å². The highest BCUT2D eigenvalue weighted by atomic mass is 32.2. The number of β-lactam (4-membered cyclic amide) rings is 1. The van der Waals surface area contributed by atoms with Gasteiger partial charge < -0.3 is 30.1 Å². The van der Waals surface area contributed by atoms with Crippen molar-refractivity contribution in [3.63, 3.8) is 0 Å². The summed E-state index contributed by atoms with van der Waals surface area (Å²) in [6.45, 7) is 5.88. The Morgan fingerprint density at radius 1 is 1.27 bits per heavy atom. The molecule has 0 aliphatic carbocycles. The summed E-state index contributed by atoms with van der Waals surface area (Å²) in [5.74, 6) is -0.831. The fraction of sp³-hybridized carbons (Fsp3) is 0.600. The first kappa shape index (κ1) is 31.1. The predicted octanol–water partition coefficient (Wildman–Crippen LogP) is 1.94. The van der Waals surface area contributed by atoms with E-state index in [0.29, 0.717) is 29.8 Å². The van der Waals surface area contributed by atoms with Crippen molar-refractivity contribution in [1.29, 1.82) is 0 Å². The lowest BCUT2D eigenvalue weighted by molar-refractivity contribution is -0.173. The Hall–Kier alpha value is -2.82. The highest BCUT2D eigenvalue weighted by Gasteiger charge is 2.55. The Morgan fingerprint density at radius 3 is 2.63 bits per heavy atom. The average molecular weight is 628 g/mol. The van der Waals surface area contributed by atoms with Gasteiger partial charge in [0.15, 0.2) is 10.8 Å². The molecule has 1 unspecified atom stereocenters. The van der Waals surface area contributed by atoms with Crippen LogP contribution in [0.2, 0.25) is 0 Å². The highest BCUT2D eigenvalue weighted by molar-refractivity contribution is 8.06. The van der Waals surface area contributed by atoms with E-state index in [2.05, 4.69) is 15.5 Å². The van der Waals surface area contributed by atoms with Crippen LogP contribution in [0.15, 0.2) is 21.1 Å². The smallest absolute Gasteiger partial charge is 0.358 e. The molecule has 224 valence electrons. The van der Waals surface area contributed by atoms with Crippen LogP contribution in [-0.2, 0) is 38.2 Å². The van der Waals surface area contributed by atoms with Crippen molar-refractivity contribution in [3.05, 3.63) is 21.7 Å². The summed E-state index contributed by atoms with van der Waals surface area (Å²) in [4.78, 5) is 62.8. The summed E-state index contributed by atoms with van der Waals surface area (Å²) < 4.78 is 15.8. The molecule has 0 spiro atoms. The number of hydrogen-bond acceptors (Lipinski definition) is 14. The van der Waals surface area contributed by atoms with Gasteiger partial charge in [0.2, 0.25) is 6.79 Å². The molecule has 0 radical (unpaired) electrons. The van der Waals surface area contributed by atoms with E-state index in [9.17, 15) is 19.2 Å². The number of thioether (sulfide) groups is 2. The third kappa shape index (κ3) is 7.34. The lowest BCUT2D eigenvalue weighted by atomic mass is 9.98. The van der Waals surface area contributed by atoms with Crippen LogP contribution in [0, 0.1) is 11.3 Å². The molecule has 3 aliphatic rings. The van der Waals surface area contributed by atoms with E-state index in [0.717, 1.165) is 29.9 Å². The van der Waals surface area contributed by atoms with Gasteiger partial charge >= 0.3 is 11.9 Å². The summed E-state index contributed by atoms with van der Waals surface area (Å²) in [6.07, 6.45) is 1.84. The van der Waals surface area contributed by atoms with E-state index in [1.165, 1.54) is 35.5 Å². The maximum absolute atomic E-state index is 13.4. The Bertz CT molecular complexity index is 1240. The third-order valence-corrected chi connectivity index (χ3v) is 9.86. The molecular formula is C25H33N5O8S3. The van der Waals surface area contributed by atoms with Crippen LogP contribution >= 0.6 is 34.9 Å². The molecule has 2 fully saturated rings. The second-order valence-electron chi connectivity index (χ2n) is 10.4. The van der Waals surface area contributed by atoms with Crippen molar-refractivity contribution in [2.24, 2.45) is 16.5 Å². The molecule has 2 amide bonds. The zero-order valence-electron chi connectivity index (χ0n) is 23.2. The SMILES string of the molecule is CO/N=C(\C(=O)NC1C(=O)N2C(C(=O)OCOC(=O)C(C)(C)C)=C(SCC3CCOCC3)CS[C@@H]12)c1csc(N)n1. The average Bonchev–Trinajstić information content (AvgIpc) is 3.38. The number of nitrogens with two attached hydrogens (primary N) is 1. The maximum atomic E-state index is 13.4. The van der Waals surface area contributed by atoms with Gasteiger partial charge in [-0.15, -0.1) is 34.9 Å². The van der Waals surface area contributed by atoms with E-state index in [4.69, 9.17) is 24.8 Å². The number of thiazole rings is 1. The number of ether oxygens (including phenoxy) is 3. The van der Waals surface area contributed by atoms with Gasteiger partial charge in [-0.05, 0) is 39.5 Å². The van der Waals surface area contributed by atoms with Gasteiger partial charge in [0.1, 0.15) is 29.9 Å². The molecule has 2 atom stereocenters. The first-order valence-corrected chi connectivity index (χ1v) is 15.8. The summed E-state index contributed by atoms with van der Waals surface area (Å²) in [5.41, 5.74) is 5.12. The van der Waals surface area contributed by atoms with Gasteiger partial charge in [-0.1, -0.05) is 5.16 Å². The van der Waals surface area contributed by atoms with Crippen molar-refractivity contribution in [2.45, 2.75) is 45.0 Å². The molecule has 2 saturated heterocycles. The minimum Gasteiger partial charge on any atom is -0.427 e. The molecule has 4 heterocycles. The van der Waals surface area contributed by atoms with E-state index < -0.39 is 47.4 Å². The minimum atomic E-state index is -0.922. The highest BCUT2D eigenvalue weighted by Crippen LogP contribution is 2.44. The van der Waals surface area contributed by atoms with Gasteiger partial charge in [0.05, 0.1) is 5.41 Å². The fourth-order valence-electron chi connectivity index (χ4n) is 4.15. The van der Waals surface area contributed by atoms with Crippen molar-refractivity contribution in [3.8, 4) is 0 Å². The Kier molecular flexibility index (Phi) is 10.2. The third-order valence-electron chi connectivity index (χ3n) is 6.40. The van der Waals surface area contributed by atoms with Crippen LogP contribution in [0.1, 0.15) is 39.3 Å². The molecule has 3 aliphatic heterocycles. The van der Waals surface area contributed by atoms with Crippen molar-refractivity contribution in [1.82, 2.24) is 15.2 Å². The largest absolute Gasteiger partial charge is 0.427 e. The number of carbonyl (C=O) groups is 4. The number of anilines is 1. The number of nitrogens with zero attached hydrogens (tertiary/aromatic N) is 3. The molecule has 3 N–H and O–H groups in total. The number of rotatable bonds is 10. The fourth-order valence-corrected chi connectivity index (χ4v) is 7.51. The van der Waals surface area contributed by atoms with Gasteiger partial charge in [-0.25, -0.2) is 9.78 Å². The number of amides is 2. The Labute approximate surface area is 249 Å². The number of nitrogens with one attached hydrogen (secondary N) is 1. The molecule has 13 nitrogen and oxygen atoms in total. The number of hydrogen-bond donors (Lipinski definition) is 2. The van der Waals surface area contributed by atoms with E-state index in [1.54, 1.807) is 26.2 Å². The number of carbonyl (C=O) groups excluding carboxylic acids is 4. The van der Waals surface area contributed by atoms with Crippen molar-refractivity contribution in [2.75, 3.05) is 44.4 Å². The summed E-state index contributed by atoms with van der Waals surface area (Å²) in [7, 11) is 1.29. The number of esters is 2. The van der Waals surface area contributed by atoms with Crippen LogP contribution in [-0.4, -0.2) is 89.4 Å². The molecule has 41 heavy (non-hydrogen) atoms. The van der Waals surface area contributed by atoms with Crippen molar-refractivity contribution < 1.29 is 38.2 Å². The number of oxime groups is 1. The number of fused-ring (bicyclic) bond motifs is 1. The maximum Gasteiger partial charge on any atom is 0.358 e. The Balaban J connectivity index is 1.49. The number of nitrogen functional groups attached to an aromatic ring is 1. The molecule has 16 heteroatoms. The lowest BCUT2D eigenvalue weighted by Crippen LogP contribution is -2.71. The zero-order valence-corrected chi connectivity index (χ0v) is 25.6. The minimum absolute atomic E-state index is 0.103. The molecule has 0 bridgehead atoms. The van der Waals surface area contributed by atoms with Gasteiger partial charge in [0.25, 0.3) is 11.8 Å². The predicted molar refractivity (Wildman–Crippen MR) is 155 cm³/mol. The quantitative estimate of drug-likeness (QED) is 0.127. The van der Waals surface area contributed by atoms with Crippen LogP contribution < -0.4 is 11.1 Å². The Morgan fingerprint density at radius 2 is 2.00 bits per heavy atom. The van der Waals surface area contributed by atoms with Gasteiger partial charge in [-0.3, -0.25) is 19.3 Å². The molecular weight excluding hydrogens is 595 g/mol. The zero-order chi connectivity index (χ0) is 29.7. The topological polar surface area (TPSA) is 172 Å². The normalized spacial score (nSPS) is 21.6. The molecule has 0 aromatic carbocycles. The molecule has 1 aromatic heterocycles. The summed E-state index contributed by atoms with van der Waals surface area (Å²) in [5, 5.41) is 7.70. The first-order valence-electron chi connectivity index (χ1n) is 12.9. The molecule has 0 saturated carbocycles. The number of aromatic nitrogens is 1. The second kappa shape index (κ2) is 13.4. The lowest BCUT2D eigenvalue weighted by Gasteiger charge is -2.49. The molecule has 4 rings (SSSR count). The van der Waals surface area contributed by atoms with Gasteiger partial charge in [-0.2, -0.15) is 0 Å². The summed E-state index contributed by atoms with van der Waals surface area (Å²) in [6, 6.07) is -0.922. The van der Waals surface area contributed by atoms with E-state index in [-0.39, 0.29) is 22.2 Å². The van der Waals surface area contributed by atoms with Crippen LogP contribution in [0.4, 0.5) is 5.13 Å². The standard InChI is InChI=1S/C25H33N5O8S3/c1-25(2,3)23(34)38-12-37-22(33)18-15(39-9-13-5-7-36-8-6-13)11-40-21-17(20(32)30(18)21)28-19(31)16(29-35-4)14-10-41-24(26)27-14/h10,13,17,21H,5-9,11-12H2,1-4H3,(H2,26,27)(H,28,31)/b29-16-/t17?,21-/m0/s1. The van der Waals surface area contributed by atoms with E-state index in [1.807, 2.05) is 0 Å². The van der Waals surface area contributed by atoms with Gasteiger partial charge in [0, 0.05) is 35.0 Å². The van der Waals surface area contributed by atoms with Crippen LogP contribution in [0.3, 0.4) is 0 Å². The van der Waals surface area contributed by atoms with Crippen LogP contribution in [0.5, 0.6) is 0 Å². The van der Waals surface area contributed by atoms with Crippen molar-refractivity contribution >= 4 is 69.5 Å². The molecule has 1 aromatic rings. The second-order valence-corrected chi connectivity index (χ2v) is 13.5. The monoisotopic (exact) mass is 627 g/mol.